The molecule has 1 heterocycles. The molecule has 0 radical (unpaired) electrons. The van der Waals surface area contributed by atoms with E-state index in [0.717, 1.165) is 0 Å². The molecule has 1 aromatic heterocycles. The lowest BCUT2D eigenvalue weighted by molar-refractivity contribution is 0.355. The molecule has 0 N–H and O–H groups in total. The van der Waals surface area contributed by atoms with Crippen LogP contribution < -0.4 is 9.47 Å². The van der Waals surface area contributed by atoms with Crippen LogP contribution in [0.25, 0.3) is 11.4 Å². The summed E-state index contributed by atoms with van der Waals surface area (Å²) in [5, 5.41) is 0.720. The van der Waals surface area contributed by atoms with Crippen molar-refractivity contribution in [2.75, 3.05) is 14.2 Å². The van der Waals surface area contributed by atoms with Crippen molar-refractivity contribution < 1.29 is 9.47 Å². The van der Waals surface area contributed by atoms with Crippen LogP contribution in [0.15, 0.2) is 16.6 Å². The Bertz CT molecular complexity index is 644. The number of methoxy groups -OCH3 is 2. The third kappa shape index (κ3) is 2.81. The van der Waals surface area contributed by atoms with Crippen LogP contribution in [0.1, 0.15) is 0 Å². The largest absolute Gasteiger partial charge is 0.493 e. The molecule has 2 rings (SSSR count). The molecule has 0 amide bonds. The lowest BCUT2D eigenvalue weighted by atomic mass is 10.2. The van der Waals surface area contributed by atoms with Gasteiger partial charge in [-0.05, 0) is 28.1 Å². The van der Waals surface area contributed by atoms with Crippen LogP contribution in [0, 0.1) is 0 Å². The van der Waals surface area contributed by atoms with Crippen molar-refractivity contribution in [1.29, 1.82) is 0 Å². The predicted molar refractivity (Wildman–Crippen MR) is 83.3 cm³/mol. The van der Waals surface area contributed by atoms with E-state index < -0.39 is 0 Å². The minimum absolute atomic E-state index is 0.200. The van der Waals surface area contributed by atoms with Gasteiger partial charge in [-0.2, -0.15) is 0 Å². The molecule has 0 unspecified atom stereocenters. The van der Waals surface area contributed by atoms with Crippen LogP contribution in [0.3, 0.4) is 0 Å². The summed E-state index contributed by atoms with van der Waals surface area (Å²) in [4.78, 5) is 8.28. The minimum atomic E-state index is 0.200. The van der Waals surface area contributed by atoms with Gasteiger partial charge in [-0.1, -0.05) is 34.8 Å². The summed E-state index contributed by atoms with van der Waals surface area (Å²) in [7, 11) is 3.02. The fourth-order valence-corrected chi connectivity index (χ4v) is 2.46. The molecule has 0 fully saturated rings. The Morgan fingerprint density at radius 1 is 1.00 bits per heavy atom. The lowest BCUT2D eigenvalue weighted by Crippen LogP contribution is -1.96. The summed E-state index contributed by atoms with van der Waals surface area (Å²) in [6.07, 6.45) is 0. The van der Waals surface area contributed by atoms with Crippen LogP contribution in [-0.2, 0) is 0 Å². The Hall–Kier alpha value is -0.750. The molecule has 8 heteroatoms. The number of hydrogen-bond acceptors (Lipinski definition) is 4. The van der Waals surface area contributed by atoms with E-state index in [1.807, 2.05) is 0 Å². The Kier molecular flexibility index (Phi) is 4.96. The Balaban J connectivity index is 2.65. The molecule has 106 valence electrons. The first-order valence-electron chi connectivity index (χ1n) is 5.29. The molecule has 0 saturated heterocycles. The smallest absolute Gasteiger partial charge is 0.180 e. The van der Waals surface area contributed by atoms with E-state index in [0.29, 0.717) is 32.4 Å². The van der Waals surface area contributed by atoms with Gasteiger partial charge in [-0.3, -0.25) is 0 Å². The van der Waals surface area contributed by atoms with Crippen molar-refractivity contribution in [3.8, 4) is 22.9 Å². The van der Waals surface area contributed by atoms with Crippen LogP contribution in [0.5, 0.6) is 11.5 Å². The Labute approximate surface area is 139 Å². The average molecular weight is 398 g/mol. The van der Waals surface area contributed by atoms with Gasteiger partial charge >= 0.3 is 0 Å². The highest BCUT2D eigenvalue weighted by Crippen LogP contribution is 2.41. The lowest BCUT2D eigenvalue weighted by Gasteiger charge is -2.12. The third-order valence-corrected chi connectivity index (χ3v) is 4.63. The molecule has 4 nitrogen and oxygen atoms in total. The zero-order valence-electron chi connectivity index (χ0n) is 10.4. The van der Waals surface area contributed by atoms with Crippen LogP contribution in [0.2, 0.25) is 15.3 Å². The molecule has 0 atom stereocenters. The number of hydrogen-bond donors (Lipinski definition) is 0. The van der Waals surface area contributed by atoms with Gasteiger partial charge in [0.2, 0.25) is 0 Å². The van der Waals surface area contributed by atoms with Crippen LogP contribution in [-0.4, -0.2) is 24.2 Å². The van der Waals surface area contributed by atoms with Crippen LogP contribution in [0.4, 0.5) is 0 Å². The monoisotopic (exact) mass is 396 g/mol. The number of aromatic nitrogens is 2. The van der Waals surface area contributed by atoms with Crippen molar-refractivity contribution in [3.63, 3.8) is 0 Å². The van der Waals surface area contributed by atoms with E-state index in [4.69, 9.17) is 44.3 Å². The summed E-state index contributed by atoms with van der Waals surface area (Å²) in [5.41, 5.74) is 0.542. The van der Waals surface area contributed by atoms with Crippen molar-refractivity contribution >= 4 is 50.7 Å². The first-order chi connectivity index (χ1) is 9.49. The summed E-state index contributed by atoms with van der Waals surface area (Å²) in [6, 6.07) is 3.41. The first-order valence-corrected chi connectivity index (χ1v) is 7.21. The number of ether oxygens (including phenoxy) is 2. The van der Waals surface area contributed by atoms with Gasteiger partial charge in [0.05, 0.1) is 23.7 Å². The summed E-state index contributed by atoms with van der Waals surface area (Å²) < 4.78 is 10.8. The van der Waals surface area contributed by atoms with Crippen molar-refractivity contribution in [2.24, 2.45) is 0 Å². The number of halogens is 4. The highest BCUT2D eigenvalue weighted by Gasteiger charge is 2.18. The van der Waals surface area contributed by atoms with Crippen molar-refractivity contribution in [2.45, 2.75) is 0 Å². The van der Waals surface area contributed by atoms with Gasteiger partial charge in [0.15, 0.2) is 17.3 Å². The maximum absolute atomic E-state index is 6.29. The zero-order valence-corrected chi connectivity index (χ0v) is 14.2. The van der Waals surface area contributed by atoms with Gasteiger partial charge in [0, 0.05) is 5.56 Å². The molecular formula is C12H8BrCl3N2O2. The predicted octanol–water partition coefficient (Wildman–Crippen LogP) is 4.88. The SMILES string of the molecule is COc1ccc(-c2nc(Cl)c(Br)c(Cl)n2)c(Cl)c1OC. The first kappa shape index (κ1) is 15.6. The van der Waals surface area contributed by atoms with Crippen molar-refractivity contribution in [1.82, 2.24) is 9.97 Å². The Morgan fingerprint density at radius 2 is 1.60 bits per heavy atom. The summed E-state index contributed by atoms with van der Waals surface area (Å²) in [6.45, 7) is 0. The highest BCUT2D eigenvalue weighted by molar-refractivity contribution is 9.10. The normalized spacial score (nSPS) is 10.5. The van der Waals surface area contributed by atoms with Crippen molar-refractivity contribution in [3.05, 3.63) is 31.9 Å². The second kappa shape index (κ2) is 6.35. The van der Waals surface area contributed by atoms with Gasteiger partial charge < -0.3 is 9.47 Å². The molecule has 0 aliphatic rings. The molecule has 2 aromatic rings. The van der Waals surface area contributed by atoms with E-state index in [9.17, 15) is 0 Å². The van der Waals surface area contributed by atoms with Gasteiger partial charge in [-0.15, -0.1) is 0 Å². The highest BCUT2D eigenvalue weighted by atomic mass is 79.9. The molecular weight excluding hydrogens is 390 g/mol. The standard InChI is InChI=1S/C12H8BrCl3N2O2/c1-19-6-4-3-5(8(14)9(6)20-2)12-17-10(15)7(13)11(16)18-12/h3-4H,1-2H3. The molecule has 0 aliphatic heterocycles. The molecule has 0 bridgehead atoms. The van der Waals surface area contributed by atoms with Gasteiger partial charge in [0.1, 0.15) is 10.3 Å². The number of nitrogens with zero attached hydrogens (tertiary/aromatic N) is 2. The maximum Gasteiger partial charge on any atom is 0.180 e. The van der Waals surface area contributed by atoms with Crippen LogP contribution >= 0.6 is 50.7 Å². The summed E-state index contributed by atoms with van der Waals surface area (Å²) >= 11 is 21.4. The van der Waals surface area contributed by atoms with Gasteiger partial charge in [0.25, 0.3) is 0 Å². The van der Waals surface area contributed by atoms with Gasteiger partial charge in [-0.25, -0.2) is 9.97 Å². The van der Waals surface area contributed by atoms with E-state index >= 15 is 0 Å². The van der Waals surface area contributed by atoms with E-state index in [-0.39, 0.29) is 10.3 Å². The zero-order chi connectivity index (χ0) is 14.9. The quantitative estimate of drug-likeness (QED) is 0.691. The van der Waals surface area contributed by atoms with E-state index in [2.05, 4.69) is 25.9 Å². The molecule has 0 saturated carbocycles. The van der Waals surface area contributed by atoms with E-state index in [1.54, 1.807) is 12.1 Å². The number of benzene rings is 1. The topological polar surface area (TPSA) is 44.2 Å². The second-order valence-corrected chi connectivity index (χ2v) is 5.49. The third-order valence-electron chi connectivity index (χ3n) is 2.50. The molecule has 0 spiro atoms. The molecule has 0 aliphatic carbocycles. The fraction of sp³-hybridized carbons (Fsp3) is 0.167. The second-order valence-electron chi connectivity index (χ2n) is 3.61. The maximum atomic E-state index is 6.29. The average Bonchev–Trinajstić information content (AvgIpc) is 2.43. The fourth-order valence-electron chi connectivity index (χ4n) is 1.58. The molecule has 1 aromatic carbocycles. The Morgan fingerprint density at radius 3 is 2.10 bits per heavy atom. The number of rotatable bonds is 3. The molecule has 20 heavy (non-hydrogen) atoms. The van der Waals surface area contributed by atoms with E-state index in [1.165, 1.54) is 14.2 Å². The minimum Gasteiger partial charge on any atom is -0.493 e. The summed E-state index contributed by atoms with van der Waals surface area (Å²) in [5.74, 6) is 1.20.